The average molecular weight is 816 g/mol. The summed E-state index contributed by atoms with van der Waals surface area (Å²) >= 11 is 0. The minimum absolute atomic E-state index is 0.00636. The van der Waals surface area contributed by atoms with Crippen molar-refractivity contribution in [1.29, 1.82) is 0 Å². The van der Waals surface area contributed by atoms with Gasteiger partial charge in [-0.1, -0.05) is 58.0 Å². The third kappa shape index (κ3) is 13.5. The number of halogens is 7. The molecule has 2 aliphatic heterocycles. The van der Waals surface area contributed by atoms with Crippen molar-refractivity contribution >= 4 is 11.6 Å². The summed E-state index contributed by atoms with van der Waals surface area (Å²) in [4.78, 5) is 19.5. The van der Waals surface area contributed by atoms with E-state index in [9.17, 15) is 35.5 Å². The molecule has 2 aromatic rings. The minimum atomic E-state index is -4.77. The van der Waals surface area contributed by atoms with Gasteiger partial charge in [0.25, 0.3) is 5.91 Å². The molecule has 3 aliphatic rings. The molecule has 1 amide bonds. The fourth-order valence-corrected chi connectivity index (χ4v) is 6.79. The van der Waals surface area contributed by atoms with Gasteiger partial charge in [0.15, 0.2) is 5.76 Å². The number of nitrogens with two attached hydrogens (primary N) is 2. The summed E-state index contributed by atoms with van der Waals surface area (Å²) in [6.07, 6.45) is -2.34. The fraction of sp³-hybridized carbons (Fsp3) is 0.548. The number of nitrogen functional groups attached to an aromatic ring is 1. The molecule has 1 saturated carbocycles. The zero-order valence-electron chi connectivity index (χ0n) is 34.2. The third-order valence-corrected chi connectivity index (χ3v) is 9.82. The summed E-state index contributed by atoms with van der Waals surface area (Å²) in [7, 11) is 2.47. The number of likely N-dealkylation sites (tertiary alicyclic amines) is 1. The third-order valence-electron chi connectivity index (χ3n) is 9.82. The molecule has 2 fully saturated rings. The maximum absolute atomic E-state index is 14.8. The van der Waals surface area contributed by atoms with E-state index in [1.54, 1.807) is 11.0 Å². The number of rotatable bonds is 11. The van der Waals surface area contributed by atoms with Gasteiger partial charge in [-0.25, -0.2) is 4.39 Å². The highest BCUT2D eigenvalue weighted by atomic mass is 19.4. The highest BCUT2D eigenvalue weighted by Gasteiger charge is 2.50. The van der Waals surface area contributed by atoms with Gasteiger partial charge in [0.2, 0.25) is 0 Å². The van der Waals surface area contributed by atoms with Crippen LogP contribution in [-0.4, -0.2) is 91.9 Å². The second-order valence-electron chi connectivity index (χ2n) is 13.5. The molecular formula is C42H60F7N5O3. The fourth-order valence-electron chi connectivity index (χ4n) is 6.79. The molecular weight excluding hydrogens is 755 g/mol. The van der Waals surface area contributed by atoms with Gasteiger partial charge in [-0.05, 0) is 74.9 Å². The van der Waals surface area contributed by atoms with Crippen molar-refractivity contribution in [2.45, 2.75) is 97.3 Å². The predicted molar refractivity (Wildman–Crippen MR) is 211 cm³/mol. The molecule has 0 bridgehead atoms. The SMILES string of the molecule is CC.CC.CO/C(=C\C=C\CN1CCC2(CC1)OCC(N(C)Cc1c(F)cccc1C(F)(F)F)=C2C(=O)N(CCN)C1CCC1)C(F)(F)F.Cc1cccc(N)c1. The molecule has 2 heterocycles. The van der Waals surface area contributed by atoms with Gasteiger partial charge in [-0.15, -0.1) is 0 Å². The van der Waals surface area contributed by atoms with Crippen molar-refractivity contribution in [2.24, 2.45) is 5.73 Å². The summed E-state index contributed by atoms with van der Waals surface area (Å²) in [6, 6.07) is 10.6. The molecule has 57 heavy (non-hydrogen) atoms. The highest BCUT2D eigenvalue weighted by Crippen LogP contribution is 2.44. The number of nitrogens with zero attached hydrogens (tertiary/aromatic N) is 3. The summed E-state index contributed by atoms with van der Waals surface area (Å²) < 4.78 is 105. The lowest BCUT2D eigenvalue weighted by Crippen LogP contribution is -2.53. The van der Waals surface area contributed by atoms with Crippen molar-refractivity contribution in [2.75, 3.05) is 59.2 Å². The van der Waals surface area contributed by atoms with Gasteiger partial charge in [0, 0.05) is 63.6 Å². The first-order chi connectivity index (χ1) is 27.0. The molecule has 4 N–H and O–H groups in total. The molecule has 15 heteroatoms. The van der Waals surface area contributed by atoms with Crippen LogP contribution in [0.1, 0.15) is 76.5 Å². The summed E-state index contributed by atoms with van der Waals surface area (Å²) in [5, 5.41) is 0. The summed E-state index contributed by atoms with van der Waals surface area (Å²) in [6.45, 7) is 11.3. The number of ether oxygens (including phenoxy) is 2. The number of carbonyl (C=O) groups excluding carboxylic acids is 1. The number of hydrogen-bond donors (Lipinski definition) is 2. The topological polar surface area (TPSA) is 97.3 Å². The van der Waals surface area contributed by atoms with Crippen LogP contribution in [0, 0.1) is 12.7 Å². The predicted octanol–water partition coefficient (Wildman–Crippen LogP) is 9.01. The number of allylic oxidation sites excluding steroid dienone is 3. The van der Waals surface area contributed by atoms with E-state index in [-0.39, 0.29) is 25.1 Å². The maximum atomic E-state index is 14.8. The first-order valence-electron chi connectivity index (χ1n) is 19.5. The molecule has 0 unspecified atom stereocenters. The molecule has 1 aliphatic carbocycles. The van der Waals surface area contributed by atoms with E-state index in [0.717, 1.165) is 56.3 Å². The minimum Gasteiger partial charge on any atom is -0.492 e. The van der Waals surface area contributed by atoms with Crippen LogP contribution in [0.4, 0.5) is 36.4 Å². The Kier molecular flexibility index (Phi) is 19.6. The monoisotopic (exact) mass is 815 g/mol. The Bertz CT molecular complexity index is 1630. The first-order valence-corrected chi connectivity index (χ1v) is 19.5. The van der Waals surface area contributed by atoms with Gasteiger partial charge in [0.05, 0.1) is 30.6 Å². The molecule has 0 radical (unpaired) electrons. The van der Waals surface area contributed by atoms with E-state index in [4.69, 9.17) is 16.2 Å². The number of methoxy groups -OCH3 is 1. The Hall–Kier alpha value is -4.08. The number of aryl methyl sites for hydroxylation is 1. The number of amides is 1. The summed E-state index contributed by atoms with van der Waals surface area (Å²) in [5.41, 5.74) is 11.5. The van der Waals surface area contributed by atoms with Crippen LogP contribution in [0.2, 0.25) is 0 Å². The number of piperidine rings is 1. The second kappa shape index (κ2) is 22.8. The highest BCUT2D eigenvalue weighted by molar-refractivity contribution is 5.97. The molecule has 1 spiro atoms. The van der Waals surface area contributed by atoms with Crippen LogP contribution in [-0.2, 0) is 27.0 Å². The number of anilines is 1. The van der Waals surface area contributed by atoms with Gasteiger partial charge < -0.3 is 30.7 Å². The Morgan fingerprint density at radius 1 is 1.04 bits per heavy atom. The Morgan fingerprint density at radius 2 is 1.67 bits per heavy atom. The molecule has 5 rings (SSSR count). The lowest BCUT2D eigenvalue weighted by atomic mass is 9.82. The zero-order valence-corrected chi connectivity index (χ0v) is 34.2. The van der Waals surface area contributed by atoms with Crippen LogP contribution < -0.4 is 11.5 Å². The van der Waals surface area contributed by atoms with Crippen LogP contribution >= 0.6 is 0 Å². The second-order valence-corrected chi connectivity index (χ2v) is 13.5. The zero-order chi connectivity index (χ0) is 43.0. The quantitative estimate of drug-likeness (QED) is 0.101. The van der Waals surface area contributed by atoms with Crippen LogP contribution in [0.25, 0.3) is 0 Å². The van der Waals surface area contributed by atoms with Crippen molar-refractivity contribution in [3.8, 4) is 0 Å². The maximum Gasteiger partial charge on any atom is 0.448 e. The van der Waals surface area contributed by atoms with E-state index >= 15 is 0 Å². The van der Waals surface area contributed by atoms with Crippen molar-refractivity contribution in [3.63, 3.8) is 0 Å². The van der Waals surface area contributed by atoms with Crippen LogP contribution in [0.5, 0.6) is 0 Å². The Labute approximate surface area is 333 Å². The number of benzene rings is 2. The van der Waals surface area contributed by atoms with Gasteiger partial charge >= 0.3 is 12.4 Å². The number of hydrogen-bond acceptors (Lipinski definition) is 7. The van der Waals surface area contributed by atoms with E-state index in [1.807, 2.05) is 63.8 Å². The molecule has 0 aromatic heterocycles. The lowest BCUT2D eigenvalue weighted by molar-refractivity contribution is -0.138. The standard InChI is InChI=1S/C31H39F7N4O3.C7H9N.2C2H6/c1-40(19-22-23(30(33,34)35)9-6-10-24(22)32)25-20-45-29(27(25)28(43)42(18-14-39)21-7-5-8-21)12-16-41(17-13-29)15-4-3-11-26(44-2)31(36,37)38;1-6-3-2-4-7(8)5-6;2*1-2/h3-4,6,9-11,21H,5,7-8,12-20,39H2,1-2H3;2-5H,8H2,1H3;2*1-2H3/b4-3+,26-11-;;;. The number of alkyl halides is 6. The molecule has 1 saturated heterocycles. The Balaban J connectivity index is 0.000000812. The molecule has 0 atom stereocenters. The van der Waals surface area contributed by atoms with Crippen LogP contribution in [0.15, 0.2) is 77.7 Å². The van der Waals surface area contributed by atoms with Crippen molar-refractivity contribution in [3.05, 3.63) is 100 Å². The largest absolute Gasteiger partial charge is 0.492 e. The smallest absolute Gasteiger partial charge is 0.448 e. The van der Waals surface area contributed by atoms with E-state index in [0.29, 0.717) is 50.3 Å². The Morgan fingerprint density at radius 3 is 2.16 bits per heavy atom. The van der Waals surface area contributed by atoms with Crippen molar-refractivity contribution < 1.29 is 45.0 Å². The average Bonchev–Trinajstić information content (AvgIpc) is 3.51. The number of likely N-dealkylation sites (N-methyl/N-ethyl adjacent to an activating group) is 1. The summed E-state index contributed by atoms with van der Waals surface area (Å²) in [5.74, 6) is -2.40. The first kappa shape index (κ1) is 49.1. The molecule has 8 nitrogen and oxygen atoms in total. The molecule has 2 aromatic carbocycles. The van der Waals surface area contributed by atoms with Crippen molar-refractivity contribution in [1.82, 2.24) is 14.7 Å². The van der Waals surface area contributed by atoms with E-state index < -0.39 is 47.2 Å². The van der Waals surface area contributed by atoms with Gasteiger partial charge in [-0.3, -0.25) is 9.69 Å². The van der Waals surface area contributed by atoms with E-state index in [2.05, 4.69) is 4.74 Å². The van der Waals surface area contributed by atoms with Gasteiger partial charge in [0.1, 0.15) is 11.4 Å². The number of carbonyl (C=O) groups is 1. The van der Waals surface area contributed by atoms with Gasteiger partial charge in [-0.2, -0.15) is 26.3 Å². The lowest BCUT2D eigenvalue weighted by Gasteiger charge is -2.43. The normalized spacial score (nSPS) is 17.1. The van der Waals surface area contributed by atoms with Crippen LogP contribution in [0.3, 0.4) is 0 Å². The molecule has 320 valence electrons. The van der Waals surface area contributed by atoms with E-state index in [1.165, 1.54) is 23.6 Å².